The lowest BCUT2D eigenvalue weighted by molar-refractivity contribution is 0.0621. The van der Waals surface area contributed by atoms with Crippen molar-refractivity contribution in [3.63, 3.8) is 0 Å². The number of fused-ring (bicyclic) bond motifs is 1. The first-order chi connectivity index (χ1) is 14.9. The summed E-state index contributed by atoms with van der Waals surface area (Å²) in [5.74, 6) is 0.0955. The highest BCUT2D eigenvalue weighted by atomic mass is 16.6. The summed E-state index contributed by atoms with van der Waals surface area (Å²) in [7, 11) is 0. The molecule has 4 N–H and O–H groups in total. The molecule has 0 unspecified atom stereocenters. The second-order valence-corrected chi connectivity index (χ2v) is 10.4. The number of carbonyl (C=O) groups is 3. The van der Waals surface area contributed by atoms with Crippen molar-refractivity contribution in [2.24, 2.45) is 0 Å². The van der Waals surface area contributed by atoms with Crippen molar-refractivity contribution in [3.8, 4) is 0 Å². The zero-order valence-corrected chi connectivity index (χ0v) is 20.6. The van der Waals surface area contributed by atoms with Crippen molar-refractivity contribution < 1.29 is 28.6 Å². The molecular weight excluding hydrogens is 430 g/mol. The van der Waals surface area contributed by atoms with E-state index < -0.39 is 35.1 Å². The maximum absolute atomic E-state index is 12.6. The highest BCUT2D eigenvalue weighted by molar-refractivity contribution is 6.13. The van der Waals surface area contributed by atoms with Gasteiger partial charge in [-0.3, -0.25) is 21.0 Å². The fourth-order valence-corrected chi connectivity index (χ4v) is 2.66. The molecule has 0 fully saturated rings. The number of rotatable bonds is 3. The highest BCUT2D eigenvalue weighted by Gasteiger charge is 2.25. The molecule has 0 aliphatic rings. The van der Waals surface area contributed by atoms with Crippen LogP contribution in [-0.4, -0.2) is 45.3 Å². The number of carbonyl (C=O) groups excluding carboxylic acids is 3. The van der Waals surface area contributed by atoms with Gasteiger partial charge in [-0.25, -0.2) is 14.4 Å². The van der Waals surface area contributed by atoms with Crippen LogP contribution in [0.5, 0.6) is 0 Å². The quantitative estimate of drug-likeness (QED) is 0.433. The molecular formula is C22H33N5O6. The molecule has 33 heavy (non-hydrogen) atoms. The lowest BCUT2D eigenvalue weighted by atomic mass is 10.1. The monoisotopic (exact) mass is 463 g/mol. The number of nitrogens with zero attached hydrogens (tertiary/aromatic N) is 1. The number of benzene rings is 1. The first-order valence-electron chi connectivity index (χ1n) is 10.4. The Balaban J connectivity index is 2.50. The van der Waals surface area contributed by atoms with Gasteiger partial charge in [-0.05, 0) is 74.4 Å². The molecule has 1 aromatic heterocycles. The first kappa shape index (κ1) is 25.8. The van der Waals surface area contributed by atoms with Crippen molar-refractivity contribution >= 4 is 46.4 Å². The van der Waals surface area contributed by atoms with Crippen LogP contribution in [0.1, 0.15) is 62.3 Å². The minimum absolute atomic E-state index is 0.0955. The van der Waals surface area contributed by atoms with E-state index in [9.17, 15) is 14.4 Å². The van der Waals surface area contributed by atoms with Gasteiger partial charge in [0.1, 0.15) is 16.8 Å². The molecule has 0 aliphatic carbocycles. The molecule has 2 rings (SSSR count). The molecule has 1 heterocycles. The van der Waals surface area contributed by atoms with Crippen molar-refractivity contribution in [1.82, 2.24) is 10.2 Å². The van der Waals surface area contributed by atoms with E-state index >= 15 is 0 Å². The standard InChI is InChI=1S/C22H33N5O6/c1-20(2,3)31-17(28)23-13-11-10-12-14(15(13)24-18(29)32-21(4,5)6)16(27-26-12)25-19(30)33-22(7,8)9/h10-11H,1-9H3,(H,23,28)(H,24,29)(H2,25,26,27,30). The second kappa shape index (κ2) is 9.16. The van der Waals surface area contributed by atoms with Gasteiger partial charge in [0, 0.05) is 0 Å². The second-order valence-electron chi connectivity index (χ2n) is 10.4. The molecule has 0 spiro atoms. The zero-order valence-electron chi connectivity index (χ0n) is 20.6. The fourth-order valence-electron chi connectivity index (χ4n) is 2.66. The minimum Gasteiger partial charge on any atom is -0.444 e. The Morgan fingerprint density at radius 3 is 1.67 bits per heavy atom. The summed E-state index contributed by atoms with van der Waals surface area (Å²) < 4.78 is 16.0. The Bertz CT molecular complexity index is 1040. The molecule has 0 saturated heterocycles. The van der Waals surface area contributed by atoms with Gasteiger partial charge < -0.3 is 14.2 Å². The smallest absolute Gasteiger partial charge is 0.413 e. The molecule has 2 aromatic rings. The summed E-state index contributed by atoms with van der Waals surface area (Å²) in [4.78, 5) is 37.3. The van der Waals surface area contributed by atoms with Crippen LogP contribution in [0.3, 0.4) is 0 Å². The summed E-state index contributed by atoms with van der Waals surface area (Å²) >= 11 is 0. The van der Waals surface area contributed by atoms with Crippen LogP contribution in [0.2, 0.25) is 0 Å². The number of anilines is 3. The fraction of sp³-hybridized carbons (Fsp3) is 0.545. The summed E-state index contributed by atoms with van der Waals surface area (Å²) in [6.45, 7) is 15.5. The van der Waals surface area contributed by atoms with Crippen LogP contribution < -0.4 is 16.0 Å². The Morgan fingerprint density at radius 1 is 0.727 bits per heavy atom. The predicted molar refractivity (Wildman–Crippen MR) is 126 cm³/mol. The van der Waals surface area contributed by atoms with Gasteiger partial charge >= 0.3 is 18.3 Å². The number of ether oxygens (including phenoxy) is 3. The lowest BCUT2D eigenvalue weighted by Crippen LogP contribution is -2.29. The van der Waals surface area contributed by atoms with Crippen molar-refractivity contribution in [2.75, 3.05) is 16.0 Å². The van der Waals surface area contributed by atoms with Crippen molar-refractivity contribution in [1.29, 1.82) is 0 Å². The number of aromatic amines is 1. The van der Waals surface area contributed by atoms with Gasteiger partial charge in [0.2, 0.25) is 0 Å². The van der Waals surface area contributed by atoms with E-state index in [4.69, 9.17) is 14.2 Å². The maximum atomic E-state index is 12.6. The molecule has 0 bridgehead atoms. The van der Waals surface area contributed by atoms with Crippen molar-refractivity contribution in [2.45, 2.75) is 79.1 Å². The highest BCUT2D eigenvalue weighted by Crippen LogP contribution is 2.36. The Morgan fingerprint density at radius 2 is 1.18 bits per heavy atom. The molecule has 0 saturated carbocycles. The normalized spacial score (nSPS) is 12.2. The van der Waals surface area contributed by atoms with E-state index in [1.165, 1.54) is 0 Å². The third-order valence-electron chi connectivity index (χ3n) is 3.61. The first-order valence-corrected chi connectivity index (χ1v) is 10.4. The number of aromatic nitrogens is 2. The summed E-state index contributed by atoms with van der Waals surface area (Å²) in [6, 6.07) is 3.20. The summed E-state index contributed by atoms with van der Waals surface area (Å²) in [5, 5.41) is 15.1. The number of nitrogens with one attached hydrogen (secondary N) is 4. The van der Waals surface area contributed by atoms with E-state index in [0.717, 1.165) is 0 Å². The summed E-state index contributed by atoms with van der Waals surface area (Å²) in [5.41, 5.74) is -1.35. The van der Waals surface area contributed by atoms with E-state index in [1.54, 1.807) is 74.4 Å². The number of H-pyrrole nitrogens is 1. The Kier molecular flexibility index (Phi) is 7.15. The predicted octanol–water partition coefficient (Wildman–Crippen LogP) is 5.60. The maximum Gasteiger partial charge on any atom is 0.413 e. The average molecular weight is 464 g/mol. The van der Waals surface area contributed by atoms with E-state index in [2.05, 4.69) is 26.1 Å². The molecule has 182 valence electrons. The topological polar surface area (TPSA) is 144 Å². The van der Waals surface area contributed by atoms with Crippen LogP contribution >= 0.6 is 0 Å². The molecule has 0 aliphatic heterocycles. The van der Waals surface area contributed by atoms with Crippen LogP contribution in [0.15, 0.2) is 12.1 Å². The number of hydrogen-bond donors (Lipinski definition) is 4. The third-order valence-corrected chi connectivity index (χ3v) is 3.61. The summed E-state index contributed by atoms with van der Waals surface area (Å²) in [6.07, 6.45) is -2.21. The number of amides is 3. The SMILES string of the molecule is CC(C)(C)OC(=O)Nc1ccc2[nH]nc(NC(=O)OC(C)(C)C)c2c1NC(=O)OC(C)(C)C. The Labute approximate surface area is 192 Å². The zero-order chi connectivity index (χ0) is 25.2. The van der Waals surface area contributed by atoms with Crippen LogP contribution in [-0.2, 0) is 14.2 Å². The number of hydrogen-bond acceptors (Lipinski definition) is 7. The van der Waals surface area contributed by atoms with E-state index in [-0.39, 0.29) is 17.2 Å². The van der Waals surface area contributed by atoms with Gasteiger partial charge in [0.05, 0.1) is 22.3 Å². The Hall–Kier alpha value is -3.50. The average Bonchev–Trinajstić information content (AvgIpc) is 2.94. The van der Waals surface area contributed by atoms with Crippen LogP contribution in [0, 0.1) is 0 Å². The molecule has 11 nitrogen and oxygen atoms in total. The largest absolute Gasteiger partial charge is 0.444 e. The van der Waals surface area contributed by atoms with Gasteiger partial charge in [-0.2, -0.15) is 5.10 Å². The van der Waals surface area contributed by atoms with Gasteiger partial charge in [-0.15, -0.1) is 0 Å². The van der Waals surface area contributed by atoms with Crippen molar-refractivity contribution in [3.05, 3.63) is 12.1 Å². The van der Waals surface area contributed by atoms with E-state index in [0.29, 0.717) is 10.9 Å². The van der Waals surface area contributed by atoms with Crippen LogP contribution in [0.4, 0.5) is 31.6 Å². The van der Waals surface area contributed by atoms with Crippen LogP contribution in [0.25, 0.3) is 10.9 Å². The third kappa shape index (κ3) is 8.17. The molecule has 0 atom stereocenters. The molecule has 0 radical (unpaired) electrons. The van der Waals surface area contributed by atoms with Gasteiger partial charge in [-0.1, -0.05) is 0 Å². The molecule has 11 heteroatoms. The van der Waals surface area contributed by atoms with Gasteiger partial charge in [0.25, 0.3) is 0 Å². The lowest BCUT2D eigenvalue weighted by Gasteiger charge is -2.22. The van der Waals surface area contributed by atoms with E-state index in [1.807, 2.05) is 0 Å². The molecule has 3 amide bonds. The minimum atomic E-state index is -0.759. The van der Waals surface area contributed by atoms with Gasteiger partial charge in [0.15, 0.2) is 5.82 Å². The molecule has 1 aromatic carbocycles.